The van der Waals surface area contributed by atoms with Crippen molar-refractivity contribution in [3.8, 4) is 0 Å². The van der Waals surface area contributed by atoms with Gasteiger partial charge in [0, 0.05) is 35.1 Å². The number of carbonyl (C=O) groups excluding carboxylic acids is 2. The maximum Gasteiger partial charge on any atom is 0.238 e. The molecule has 0 bridgehead atoms. The summed E-state index contributed by atoms with van der Waals surface area (Å²) in [7, 11) is 0. The average Bonchev–Trinajstić information content (AvgIpc) is 2.72. The van der Waals surface area contributed by atoms with Gasteiger partial charge in [0.25, 0.3) is 0 Å². The highest BCUT2D eigenvalue weighted by molar-refractivity contribution is 6.32. The molecule has 2 heterocycles. The van der Waals surface area contributed by atoms with Crippen LogP contribution in [0.2, 0.25) is 5.02 Å². The zero-order valence-electron chi connectivity index (χ0n) is 17.5. The highest BCUT2D eigenvalue weighted by Gasteiger charge is 2.36. The average molecular weight is 424 g/mol. The SMILES string of the molecule is Cc1c(Cl)ccc2c1N=C1CCN(CC(=O)Nc3ccc(C(C)C)cc3)CC1C2=O. The fraction of sp³-hybridized carbons (Fsp3) is 0.375. The molecular weight excluding hydrogens is 398 g/mol. The molecule has 1 unspecified atom stereocenters. The number of piperidine rings is 1. The van der Waals surface area contributed by atoms with E-state index in [1.807, 2.05) is 36.1 Å². The van der Waals surface area contributed by atoms with E-state index < -0.39 is 0 Å². The van der Waals surface area contributed by atoms with Crippen LogP contribution < -0.4 is 5.32 Å². The molecule has 1 amide bonds. The third-order valence-corrected chi connectivity index (χ3v) is 6.37. The van der Waals surface area contributed by atoms with E-state index in [2.05, 4.69) is 19.2 Å². The molecule has 2 aromatic carbocycles. The van der Waals surface area contributed by atoms with Gasteiger partial charge in [-0.05, 0) is 54.7 Å². The van der Waals surface area contributed by atoms with E-state index in [0.29, 0.717) is 41.7 Å². The van der Waals surface area contributed by atoms with Gasteiger partial charge in [0.15, 0.2) is 5.78 Å². The largest absolute Gasteiger partial charge is 0.325 e. The number of benzene rings is 2. The van der Waals surface area contributed by atoms with Crippen molar-refractivity contribution in [2.24, 2.45) is 10.9 Å². The molecule has 6 heteroatoms. The molecular formula is C24H26ClN3O2. The molecule has 1 N–H and O–H groups in total. The molecule has 5 nitrogen and oxygen atoms in total. The summed E-state index contributed by atoms with van der Waals surface area (Å²) >= 11 is 6.21. The number of Topliss-reactive ketones (excluding diaryl/α,β-unsaturated/α-hetero) is 1. The normalized spacial score (nSPS) is 18.6. The topological polar surface area (TPSA) is 61.8 Å². The first kappa shape index (κ1) is 20.8. The summed E-state index contributed by atoms with van der Waals surface area (Å²) in [4.78, 5) is 32.4. The summed E-state index contributed by atoms with van der Waals surface area (Å²) in [6.45, 7) is 7.65. The van der Waals surface area contributed by atoms with E-state index in [0.717, 1.165) is 17.0 Å². The Morgan fingerprint density at radius 1 is 1.23 bits per heavy atom. The molecule has 0 spiro atoms. The zero-order chi connectivity index (χ0) is 21.4. The van der Waals surface area contributed by atoms with Crippen LogP contribution in [0.5, 0.6) is 0 Å². The summed E-state index contributed by atoms with van der Waals surface area (Å²) in [5.74, 6) is 0.171. The van der Waals surface area contributed by atoms with Crippen molar-refractivity contribution in [2.75, 3.05) is 25.0 Å². The molecule has 0 radical (unpaired) electrons. The summed E-state index contributed by atoms with van der Waals surface area (Å²) in [6.07, 6.45) is 0.679. The maximum absolute atomic E-state index is 13.1. The molecule has 1 atom stereocenters. The first-order valence-corrected chi connectivity index (χ1v) is 10.7. The Kier molecular flexibility index (Phi) is 5.76. The van der Waals surface area contributed by atoms with Gasteiger partial charge in [-0.3, -0.25) is 19.5 Å². The predicted octanol–water partition coefficient (Wildman–Crippen LogP) is 5.00. The van der Waals surface area contributed by atoms with Crippen molar-refractivity contribution >= 4 is 40.4 Å². The summed E-state index contributed by atoms with van der Waals surface area (Å²) in [5, 5.41) is 3.58. The molecule has 30 heavy (non-hydrogen) atoms. The van der Waals surface area contributed by atoms with Crippen molar-refractivity contribution in [3.63, 3.8) is 0 Å². The molecule has 2 aliphatic heterocycles. The fourth-order valence-electron chi connectivity index (χ4n) is 4.12. The lowest BCUT2D eigenvalue weighted by Gasteiger charge is -2.35. The smallest absolute Gasteiger partial charge is 0.238 e. The monoisotopic (exact) mass is 423 g/mol. The molecule has 0 saturated carbocycles. The minimum Gasteiger partial charge on any atom is -0.325 e. The van der Waals surface area contributed by atoms with Gasteiger partial charge in [-0.2, -0.15) is 0 Å². The Morgan fingerprint density at radius 2 is 1.97 bits per heavy atom. The van der Waals surface area contributed by atoms with Gasteiger partial charge in [-0.1, -0.05) is 37.6 Å². The predicted molar refractivity (Wildman–Crippen MR) is 121 cm³/mol. The fourth-order valence-corrected chi connectivity index (χ4v) is 4.27. The van der Waals surface area contributed by atoms with Crippen LogP contribution in [0.3, 0.4) is 0 Å². The molecule has 1 saturated heterocycles. The number of aliphatic imine (C=N–C) groups is 1. The van der Waals surface area contributed by atoms with Crippen LogP contribution in [0, 0.1) is 12.8 Å². The Labute approximate surface area is 182 Å². The number of ketones is 1. The minimum absolute atomic E-state index is 0.0704. The number of anilines is 1. The first-order valence-electron chi connectivity index (χ1n) is 10.4. The van der Waals surface area contributed by atoms with Crippen LogP contribution >= 0.6 is 11.6 Å². The van der Waals surface area contributed by atoms with Crippen LogP contribution in [-0.2, 0) is 4.79 Å². The van der Waals surface area contributed by atoms with Crippen LogP contribution in [0.4, 0.5) is 11.4 Å². The number of fused-ring (bicyclic) bond motifs is 2. The Balaban J connectivity index is 1.42. The van der Waals surface area contributed by atoms with E-state index in [1.165, 1.54) is 5.56 Å². The van der Waals surface area contributed by atoms with Gasteiger partial charge < -0.3 is 5.32 Å². The Bertz CT molecular complexity index is 1030. The summed E-state index contributed by atoms with van der Waals surface area (Å²) in [5.41, 5.74) is 5.11. The van der Waals surface area contributed by atoms with E-state index >= 15 is 0 Å². The van der Waals surface area contributed by atoms with Crippen LogP contribution in [0.15, 0.2) is 41.4 Å². The van der Waals surface area contributed by atoms with E-state index in [4.69, 9.17) is 16.6 Å². The maximum atomic E-state index is 13.1. The second-order valence-electron chi connectivity index (χ2n) is 8.40. The number of hydrogen-bond acceptors (Lipinski definition) is 4. The van der Waals surface area contributed by atoms with Crippen molar-refractivity contribution in [3.05, 3.63) is 58.1 Å². The standard InChI is InChI=1S/C24H26ClN3O2/c1-14(2)16-4-6-17(7-5-16)26-22(29)13-28-11-10-21-19(12-28)24(30)18-8-9-20(25)15(3)23(18)27-21/h4-9,14,19H,10-13H2,1-3H3,(H,26,29). The van der Waals surface area contributed by atoms with Crippen LogP contribution in [0.25, 0.3) is 0 Å². The third kappa shape index (κ3) is 4.05. The zero-order valence-corrected chi connectivity index (χ0v) is 18.3. The van der Waals surface area contributed by atoms with Crippen molar-refractivity contribution in [2.45, 2.75) is 33.1 Å². The second-order valence-corrected chi connectivity index (χ2v) is 8.81. The Morgan fingerprint density at radius 3 is 2.67 bits per heavy atom. The van der Waals surface area contributed by atoms with Crippen molar-refractivity contribution in [1.29, 1.82) is 0 Å². The lowest BCUT2D eigenvalue weighted by atomic mass is 9.84. The number of carbonyl (C=O) groups is 2. The molecule has 156 valence electrons. The van der Waals surface area contributed by atoms with Crippen molar-refractivity contribution < 1.29 is 9.59 Å². The van der Waals surface area contributed by atoms with Gasteiger partial charge in [0.1, 0.15) is 0 Å². The number of likely N-dealkylation sites (tertiary alicyclic amines) is 1. The summed E-state index contributed by atoms with van der Waals surface area (Å²) < 4.78 is 0. The number of halogens is 1. The number of rotatable bonds is 4. The highest BCUT2D eigenvalue weighted by Crippen LogP contribution is 2.37. The minimum atomic E-state index is -0.287. The molecule has 0 aliphatic carbocycles. The lowest BCUT2D eigenvalue weighted by molar-refractivity contribution is -0.117. The van der Waals surface area contributed by atoms with E-state index in [9.17, 15) is 9.59 Å². The van der Waals surface area contributed by atoms with Crippen molar-refractivity contribution in [1.82, 2.24) is 4.90 Å². The number of nitrogens with one attached hydrogen (secondary N) is 1. The Hall–Kier alpha value is -2.50. The third-order valence-electron chi connectivity index (χ3n) is 5.96. The number of nitrogens with zero attached hydrogens (tertiary/aromatic N) is 2. The van der Waals surface area contributed by atoms with E-state index in [1.54, 1.807) is 12.1 Å². The molecule has 4 rings (SSSR count). The van der Waals surface area contributed by atoms with Gasteiger partial charge in [0.2, 0.25) is 5.91 Å². The first-order chi connectivity index (χ1) is 14.3. The van der Waals surface area contributed by atoms with Gasteiger partial charge in [0.05, 0.1) is 18.2 Å². The molecule has 2 aromatic rings. The van der Waals surface area contributed by atoms with Gasteiger partial charge >= 0.3 is 0 Å². The second kappa shape index (κ2) is 8.32. The van der Waals surface area contributed by atoms with Gasteiger partial charge in [-0.15, -0.1) is 0 Å². The lowest BCUT2D eigenvalue weighted by Crippen LogP contribution is -2.47. The number of hydrogen-bond donors (Lipinski definition) is 1. The molecule has 2 aliphatic rings. The molecule has 1 fully saturated rings. The quantitative estimate of drug-likeness (QED) is 0.752. The van der Waals surface area contributed by atoms with Crippen LogP contribution in [0.1, 0.15) is 47.7 Å². The highest BCUT2D eigenvalue weighted by atomic mass is 35.5. The molecule has 0 aromatic heterocycles. The van der Waals surface area contributed by atoms with Gasteiger partial charge in [-0.25, -0.2) is 0 Å². The summed E-state index contributed by atoms with van der Waals surface area (Å²) in [6, 6.07) is 11.5. The number of amides is 1. The van der Waals surface area contributed by atoms with E-state index in [-0.39, 0.29) is 24.2 Å². The van der Waals surface area contributed by atoms with Crippen LogP contribution in [-0.4, -0.2) is 41.9 Å².